The van der Waals surface area contributed by atoms with Gasteiger partial charge in [0.1, 0.15) is 0 Å². The van der Waals surface area contributed by atoms with Crippen LogP contribution in [0.2, 0.25) is 0 Å². The van der Waals surface area contributed by atoms with Crippen LogP contribution in [0.1, 0.15) is 42.1 Å². The molecule has 5 rings (SSSR count). The van der Waals surface area contributed by atoms with Crippen LogP contribution < -0.4 is 0 Å². The van der Waals surface area contributed by atoms with Crippen LogP contribution in [0.3, 0.4) is 0 Å². The molecule has 1 saturated carbocycles. The van der Waals surface area contributed by atoms with Crippen molar-refractivity contribution < 1.29 is 0 Å². The lowest BCUT2D eigenvalue weighted by molar-refractivity contribution is 0.530. The van der Waals surface area contributed by atoms with Gasteiger partial charge < -0.3 is 9.55 Å². The summed E-state index contributed by atoms with van der Waals surface area (Å²) in [5, 5.41) is 4.87. The van der Waals surface area contributed by atoms with E-state index in [0.717, 1.165) is 29.5 Å². The number of aromatic amines is 1. The molecule has 0 bridgehead atoms. The Bertz CT molecular complexity index is 965. The highest BCUT2D eigenvalue weighted by Crippen LogP contribution is 2.39. The second-order valence-corrected chi connectivity index (χ2v) is 6.78. The molecule has 1 aliphatic carbocycles. The lowest BCUT2D eigenvalue weighted by Gasteiger charge is -2.18. The van der Waals surface area contributed by atoms with Gasteiger partial charge in [0.05, 0.1) is 18.1 Å². The summed E-state index contributed by atoms with van der Waals surface area (Å²) in [6, 6.07) is 14.4. The third-order valence-electron chi connectivity index (χ3n) is 4.85. The maximum absolute atomic E-state index is 4.98. The maximum Gasteiger partial charge on any atom is 0.155 e. The molecular formula is C20H20N6. The van der Waals surface area contributed by atoms with Crippen molar-refractivity contribution in [2.45, 2.75) is 31.2 Å². The van der Waals surface area contributed by atoms with Gasteiger partial charge in [-0.25, -0.2) is 14.6 Å². The van der Waals surface area contributed by atoms with Gasteiger partial charge in [0, 0.05) is 36.6 Å². The van der Waals surface area contributed by atoms with E-state index in [4.69, 9.17) is 10.1 Å². The molecule has 6 heteroatoms. The third-order valence-corrected chi connectivity index (χ3v) is 4.85. The molecule has 130 valence electrons. The van der Waals surface area contributed by atoms with Gasteiger partial charge in [-0.15, -0.1) is 0 Å². The fourth-order valence-electron chi connectivity index (χ4n) is 3.32. The molecule has 6 nitrogen and oxygen atoms in total. The Hall–Kier alpha value is -3.15. The molecular weight excluding hydrogens is 324 g/mol. The normalized spacial score (nSPS) is 15.2. The number of hydrogen-bond donors (Lipinski definition) is 1. The molecule has 0 aliphatic heterocycles. The molecule has 1 fully saturated rings. The molecule has 4 aromatic rings. The standard InChI is InChI=1S/C20H20N6/c1-2-6-17(7-3-1)26-20(23-19(24-26)15-8-9-15)18(25-10-4-5-11-25)12-16-13-21-14-22-16/h1-7,10-11,13-15,18H,8-9,12H2,(H,21,22). The number of para-hydroxylation sites is 1. The summed E-state index contributed by atoms with van der Waals surface area (Å²) in [4.78, 5) is 12.4. The number of nitrogens with one attached hydrogen (secondary N) is 1. The topological polar surface area (TPSA) is 64.3 Å². The SMILES string of the molecule is c1ccc(-n2nc(C3CC3)nc2C(Cc2cnc[nH]2)n2cccc2)cc1. The first kappa shape index (κ1) is 15.1. The zero-order chi connectivity index (χ0) is 17.3. The van der Waals surface area contributed by atoms with Crippen LogP contribution in [0.5, 0.6) is 0 Å². The Morgan fingerprint density at radius 2 is 1.88 bits per heavy atom. The summed E-state index contributed by atoms with van der Waals surface area (Å²) >= 11 is 0. The molecule has 1 aromatic carbocycles. The van der Waals surface area contributed by atoms with Gasteiger partial charge in [-0.2, -0.15) is 5.10 Å². The average Bonchev–Trinajstić information content (AvgIpc) is 3.12. The van der Waals surface area contributed by atoms with Crippen molar-refractivity contribution in [2.75, 3.05) is 0 Å². The van der Waals surface area contributed by atoms with Crippen LogP contribution in [0.4, 0.5) is 0 Å². The number of H-pyrrole nitrogens is 1. The van der Waals surface area contributed by atoms with E-state index in [1.807, 2.05) is 41.2 Å². The highest BCUT2D eigenvalue weighted by Gasteiger charge is 2.31. The summed E-state index contributed by atoms with van der Waals surface area (Å²) in [6.07, 6.45) is 10.9. The lowest BCUT2D eigenvalue weighted by atomic mass is 10.1. The molecule has 3 aromatic heterocycles. The molecule has 1 unspecified atom stereocenters. The molecule has 3 heterocycles. The Kier molecular flexibility index (Phi) is 3.66. The molecule has 1 aliphatic rings. The van der Waals surface area contributed by atoms with Gasteiger partial charge in [-0.3, -0.25) is 0 Å². The molecule has 1 N–H and O–H groups in total. The van der Waals surface area contributed by atoms with E-state index in [1.165, 1.54) is 12.8 Å². The molecule has 0 spiro atoms. The molecule has 1 atom stereocenters. The minimum absolute atomic E-state index is 0.0469. The van der Waals surface area contributed by atoms with E-state index in [1.54, 1.807) is 6.33 Å². The van der Waals surface area contributed by atoms with Crippen molar-refractivity contribution in [1.29, 1.82) is 0 Å². The number of rotatable bonds is 6. The molecule has 0 saturated heterocycles. The van der Waals surface area contributed by atoms with E-state index >= 15 is 0 Å². The van der Waals surface area contributed by atoms with E-state index in [2.05, 4.69) is 39.1 Å². The van der Waals surface area contributed by atoms with Gasteiger partial charge in [0.25, 0.3) is 0 Å². The Labute approximate surface area is 151 Å². The fourth-order valence-corrected chi connectivity index (χ4v) is 3.32. The quantitative estimate of drug-likeness (QED) is 0.582. The Morgan fingerprint density at radius 3 is 2.58 bits per heavy atom. The van der Waals surface area contributed by atoms with Gasteiger partial charge in [-0.05, 0) is 37.1 Å². The number of hydrogen-bond acceptors (Lipinski definition) is 3. The van der Waals surface area contributed by atoms with Crippen LogP contribution in [0, 0.1) is 0 Å². The van der Waals surface area contributed by atoms with Crippen molar-refractivity contribution in [3.05, 3.63) is 84.7 Å². The van der Waals surface area contributed by atoms with Crippen LogP contribution >= 0.6 is 0 Å². The lowest BCUT2D eigenvalue weighted by Crippen LogP contribution is -2.18. The summed E-state index contributed by atoms with van der Waals surface area (Å²) in [5.41, 5.74) is 2.13. The summed E-state index contributed by atoms with van der Waals surface area (Å²) in [5.74, 6) is 2.44. The maximum atomic E-state index is 4.98. The van der Waals surface area contributed by atoms with Crippen molar-refractivity contribution in [1.82, 2.24) is 29.3 Å². The van der Waals surface area contributed by atoms with E-state index < -0.39 is 0 Å². The van der Waals surface area contributed by atoms with E-state index in [9.17, 15) is 0 Å². The van der Waals surface area contributed by atoms with Crippen molar-refractivity contribution in [3.63, 3.8) is 0 Å². The van der Waals surface area contributed by atoms with E-state index in [0.29, 0.717) is 5.92 Å². The van der Waals surface area contributed by atoms with Crippen LogP contribution in [-0.4, -0.2) is 29.3 Å². The zero-order valence-corrected chi connectivity index (χ0v) is 14.4. The largest absolute Gasteiger partial charge is 0.348 e. The molecule has 0 radical (unpaired) electrons. The average molecular weight is 344 g/mol. The Balaban J connectivity index is 1.63. The van der Waals surface area contributed by atoms with Crippen LogP contribution in [0.25, 0.3) is 5.69 Å². The van der Waals surface area contributed by atoms with Crippen molar-refractivity contribution in [2.24, 2.45) is 0 Å². The first-order chi connectivity index (χ1) is 12.9. The predicted molar refractivity (Wildman–Crippen MR) is 98.2 cm³/mol. The number of nitrogens with zero attached hydrogens (tertiary/aromatic N) is 5. The first-order valence-corrected chi connectivity index (χ1v) is 9.00. The monoisotopic (exact) mass is 344 g/mol. The second kappa shape index (κ2) is 6.29. The van der Waals surface area contributed by atoms with Gasteiger partial charge >= 0.3 is 0 Å². The summed E-state index contributed by atoms with van der Waals surface area (Å²) in [7, 11) is 0. The number of benzene rings is 1. The number of imidazole rings is 1. The Morgan fingerprint density at radius 1 is 1.08 bits per heavy atom. The smallest absolute Gasteiger partial charge is 0.155 e. The minimum atomic E-state index is 0.0469. The summed E-state index contributed by atoms with van der Waals surface area (Å²) in [6.45, 7) is 0. The van der Waals surface area contributed by atoms with Gasteiger partial charge in [-0.1, -0.05) is 18.2 Å². The second-order valence-electron chi connectivity index (χ2n) is 6.78. The fraction of sp³-hybridized carbons (Fsp3) is 0.250. The molecule has 0 amide bonds. The van der Waals surface area contributed by atoms with Crippen molar-refractivity contribution >= 4 is 0 Å². The van der Waals surface area contributed by atoms with Crippen LogP contribution in [-0.2, 0) is 6.42 Å². The van der Waals surface area contributed by atoms with Gasteiger partial charge in [0.15, 0.2) is 11.6 Å². The van der Waals surface area contributed by atoms with Crippen molar-refractivity contribution in [3.8, 4) is 5.69 Å². The molecule has 26 heavy (non-hydrogen) atoms. The first-order valence-electron chi connectivity index (χ1n) is 9.00. The highest BCUT2D eigenvalue weighted by molar-refractivity contribution is 5.33. The highest BCUT2D eigenvalue weighted by atomic mass is 15.4. The van der Waals surface area contributed by atoms with Crippen LogP contribution in [0.15, 0.2) is 67.4 Å². The summed E-state index contributed by atoms with van der Waals surface area (Å²) < 4.78 is 4.20. The minimum Gasteiger partial charge on any atom is -0.348 e. The predicted octanol–water partition coefficient (Wildman–Crippen LogP) is 3.50. The van der Waals surface area contributed by atoms with E-state index in [-0.39, 0.29) is 6.04 Å². The van der Waals surface area contributed by atoms with Gasteiger partial charge in [0.2, 0.25) is 0 Å². The zero-order valence-electron chi connectivity index (χ0n) is 14.4. The third kappa shape index (κ3) is 2.83. The number of aromatic nitrogens is 6.